The zero-order valence-electron chi connectivity index (χ0n) is 13.1. The number of nitrogens with one attached hydrogen (secondary N) is 1. The van der Waals surface area contributed by atoms with E-state index in [2.05, 4.69) is 42.1 Å². The topological polar surface area (TPSA) is 24.5 Å². The van der Waals surface area contributed by atoms with E-state index in [1.807, 2.05) is 12.1 Å². The van der Waals surface area contributed by atoms with E-state index in [-0.39, 0.29) is 6.10 Å². The van der Waals surface area contributed by atoms with Gasteiger partial charge in [0, 0.05) is 30.9 Å². The van der Waals surface area contributed by atoms with Crippen LogP contribution in [0.25, 0.3) is 0 Å². The SMILES string of the molecule is C#CCN1CCC(Nc2cccc(OC(C)CC)c2)CC1. The maximum atomic E-state index is 5.87. The summed E-state index contributed by atoms with van der Waals surface area (Å²) in [6, 6.07) is 8.80. The minimum Gasteiger partial charge on any atom is -0.491 e. The van der Waals surface area contributed by atoms with Crippen molar-refractivity contribution in [3.05, 3.63) is 24.3 Å². The number of hydrogen-bond donors (Lipinski definition) is 1. The molecule has 0 radical (unpaired) electrons. The summed E-state index contributed by atoms with van der Waals surface area (Å²) in [6.07, 6.45) is 8.91. The van der Waals surface area contributed by atoms with Gasteiger partial charge in [-0.05, 0) is 38.3 Å². The molecule has 1 N–H and O–H groups in total. The van der Waals surface area contributed by atoms with E-state index in [1.165, 1.54) is 0 Å². The van der Waals surface area contributed by atoms with Crippen LogP contribution in [0.15, 0.2) is 24.3 Å². The molecule has 1 aliphatic heterocycles. The van der Waals surface area contributed by atoms with Gasteiger partial charge in [-0.2, -0.15) is 0 Å². The molecule has 0 saturated carbocycles. The molecule has 114 valence electrons. The van der Waals surface area contributed by atoms with E-state index in [9.17, 15) is 0 Å². The van der Waals surface area contributed by atoms with Gasteiger partial charge in [-0.1, -0.05) is 18.9 Å². The quantitative estimate of drug-likeness (QED) is 0.811. The van der Waals surface area contributed by atoms with E-state index >= 15 is 0 Å². The number of likely N-dealkylation sites (tertiary alicyclic amines) is 1. The Morgan fingerprint density at radius 3 is 2.86 bits per heavy atom. The zero-order valence-corrected chi connectivity index (χ0v) is 13.1. The number of terminal acetylenes is 1. The molecular formula is C18H26N2O. The summed E-state index contributed by atoms with van der Waals surface area (Å²) in [5, 5.41) is 3.62. The second-order valence-electron chi connectivity index (χ2n) is 5.76. The van der Waals surface area contributed by atoms with Crippen LogP contribution in [-0.4, -0.2) is 36.7 Å². The Kier molecular flexibility index (Phi) is 5.95. The minimum atomic E-state index is 0.257. The fourth-order valence-corrected chi connectivity index (χ4v) is 2.58. The van der Waals surface area contributed by atoms with Crippen molar-refractivity contribution in [3.8, 4) is 18.1 Å². The Balaban J connectivity index is 1.86. The predicted octanol–water partition coefficient (Wildman–Crippen LogP) is 3.37. The summed E-state index contributed by atoms with van der Waals surface area (Å²) in [5.41, 5.74) is 1.14. The molecule has 0 spiro atoms. The Hall–Kier alpha value is -1.66. The number of ether oxygens (including phenoxy) is 1. The standard InChI is InChI=1S/C18H26N2O/c1-4-11-20-12-9-16(10-13-20)19-17-7-6-8-18(14-17)21-15(3)5-2/h1,6-8,14-16,19H,5,9-13H2,2-3H3. The maximum Gasteiger partial charge on any atom is 0.121 e. The van der Waals surface area contributed by atoms with Crippen LogP contribution in [0.1, 0.15) is 33.1 Å². The first-order chi connectivity index (χ1) is 10.2. The van der Waals surface area contributed by atoms with E-state index in [1.54, 1.807) is 0 Å². The molecule has 0 aliphatic carbocycles. The largest absolute Gasteiger partial charge is 0.491 e. The van der Waals surface area contributed by atoms with Crippen molar-refractivity contribution in [2.24, 2.45) is 0 Å². The molecular weight excluding hydrogens is 260 g/mol. The molecule has 0 aromatic heterocycles. The number of nitrogens with zero attached hydrogens (tertiary/aromatic N) is 1. The van der Waals surface area contributed by atoms with Crippen molar-refractivity contribution in [2.75, 3.05) is 25.0 Å². The van der Waals surface area contributed by atoms with E-state index < -0.39 is 0 Å². The van der Waals surface area contributed by atoms with Gasteiger partial charge in [0.25, 0.3) is 0 Å². The van der Waals surface area contributed by atoms with Crippen LogP contribution in [-0.2, 0) is 0 Å². The maximum absolute atomic E-state index is 5.87. The van der Waals surface area contributed by atoms with Gasteiger partial charge in [-0.25, -0.2) is 0 Å². The smallest absolute Gasteiger partial charge is 0.121 e. The lowest BCUT2D eigenvalue weighted by molar-refractivity contribution is 0.217. The van der Waals surface area contributed by atoms with E-state index in [0.717, 1.165) is 50.3 Å². The predicted molar refractivity (Wildman–Crippen MR) is 88.7 cm³/mol. The minimum absolute atomic E-state index is 0.257. The average Bonchev–Trinajstić information content (AvgIpc) is 2.50. The first-order valence-corrected chi connectivity index (χ1v) is 7.90. The van der Waals surface area contributed by atoms with Gasteiger partial charge < -0.3 is 10.1 Å². The van der Waals surface area contributed by atoms with Crippen LogP contribution < -0.4 is 10.1 Å². The van der Waals surface area contributed by atoms with Crippen molar-refractivity contribution in [3.63, 3.8) is 0 Å². The summed E-state index contributed by atoms with van der Waals surface area (Å²) >= 11 is 0. The van der Waals surface area contributed by atoms with Gasteiger partial charge >= 0.3 is 0 Å². The lowest BCUT2D eigenvalue weighted by atomic mass is 10.0. The van der Waals surface area contributed by atoms with Gasteiger partial charge in [0.1, 0.15) is 5.75 Å². The van der Waals surface area contributed by atoms with E-state index in [0.29, 0.717) is 6.04 Å². The van der Waals surface area contributed by atoms with Crippen LogP contribution in [0, 0.1) is 12.3 Å². The Labute approximate surface area is 128 Å². The molecule has 3 heteroatoms. The molecule has 1 aromatic carbocycles. The lowest BCUT2D eigenvalue weighted by Gasteiger charge is -2.31. The second kappa shape index (κ2) is 7.95. The number of piperidine rings is 1. The van der Waals surface area contributed by atoms with Crippen molar-refractivity contribution in [2.45, 2.75) is 45.3 Å². The van der Waals surface area contributed by atoms with Gasteiger partial charge in [0.15, 0.2) is 0 Å². The number of benzene rings is 1. The molecule has 21 heavy (non-hydrogen) atoms. The molecule has 1 aromatic rings. The molecule has 0 amide bonds. The normalized spacial score (nSPS) is 18.0. The van der Waals surface area contributed by atoms with Crippen LogP contribution in [0.5, 0.6) is 5.75 Å². The third-order valence-corrected chi connectivity index (χ3v) is 4.02. The third-order valence-electron chi connectivity index (χ3n) is 4.02. The highest BCUT2D eigenvalue weighted by atomic mass is 16.5. The van der Waals surface area contributed by atoms with Crippen molar-refractivity contribution in [1.29, 1.82) is 0 Å². The van der Waals surface area contributed by atoms with Crippen molar-refractivity contribution >= 4 is 5.69 Å². The first-order valence-electron chi connectivity index (χ1n) is 7.90. The Morgan fingerprint density at radius 1 is 1.43 bits per heavy atom. The second-order valence-corrected chi connectivity index (χ2v) is 5.76. The molecule has 0 bridgehead atoms. The van der Waals surface area contributed by atoms with Gasteiger partial charge in [-0.3, -0.25) is 4.90 Å². The lowest BCUT2D eigenvalue weighted by Crippen LogP contribution is -2.39. The molecule has 2 rings (SSSR count). The summed E-state index contributed by atoms with van der Waals surface area (Å²) < 4.78 is 5.87. The summed E-state index contributed by atoms with van der Waals surface area (Å²) in [6.45, 7) is 7.15. The fourth-order valence-electron chi connectivity index (χ4n) is 2.58. The highest BCUT2D eigenvalue weighted by Gasteiger charge is 2.18. The fraction of sp³-hybridized carbons (Fsp3) is 0.556. The third kappa shape index (κ3) is 4.99. The van der Waals surface area contributed by atoms with Gasteiger partial charge in [0.2, 0.25) is 0 Å². The highest BCUT2D eigenvalue weighted by molar-refractivity contribution is 5.49. The number of anilines is 1. The average molecular weight is 286 g/mol. The van der Waals surface area contributed by atoms with Crippen LogP contribution >= 0.6 is 0 Å². The highest BCUT2D eigenvalue weighted by Crippen LogP contribution is 2.22. The van der Waals surface area contributed by atoms with Crippen LogP contribution in [0.4, 0.5) is 5.69 Å². The molecule has 1 aliphatic rings. The number of rotatable bonds is 6. The summed E-state index contributed by atoms with van der Waals surface area (Å²) in [4.78, 5) is 2.33. The molecule has 1 heterocycles. The monoisotopic (exact) mass is 286 g/mol. The zero-order chi connectivity index (χ0) is 15.1. The van der Waals surface area contributed by atoms with E-state index in [4.69, 9.17) is 11.2 Å². The molecule has 3 nitrogen and oxygen atoms in total. The molecule has 1 unspecified atom stereocenters. The first kappa shape index (κ1) is 15.7. The summed E-state index contributed by atoms with van der Waals surface area (Å²) in [7, 11) is 0. The Morgan fingerprint density at radius 2 is 2.19 bits per heavy atom. The van der Waals surface area contributed by atoms with Crippen molar-refractivity contribution < 1.29 is 4.74 Å². The molecule has 1 fully saturated rings. The molecule has 1 saturated heterocycles. The van der Waals surface area contributed by atoms with Crippen molar-refractivity contribution in [1.82, 2.24) is 4.90 Å². The summed E-state index contributed by atoms with van der Waals surface area (Å²) in [5.74, 6) is 3.67. The van der Waals surface area contributed by atoms with Crippen LogP contribution in [0.3, 0.4) is 0 Å². The van der Waals surface area contributed by atoms with Gasteiger partial charge in [-0.15, -0.1) is 6.42 Å². The van der Waals surface area contributed by atoms with Gasteiger partial charge in [0.05, 0.1) is 12.6 Å². The van der Waals surface area contributed by atoms with Crippen LogP contribution in [0.2, 0.25) is 0 Å². The molecule has 1 atom stereocenters. The Bertz CT molecular complexity index is 472. The number of hydrogen-bond acceptors (Lipinski definition) is 3.